The number of Topliss-reactive ketones (excluding diaryl/α,β-unsaturated/α-hetero) is 1. The van der Waals surface area contributed by atoms with E-state index in [1.54, 1.807) is 0 Å². The zero-order chi connectivity index (χ0) is 24.0. The molecule has 2 aromatic rings. The van der Waals surface area contributed by atoms with E-state index >= 15 is 0 Å². The van der Waals surface area contributed by atoms with E-state index in [4.69, 9.17) is 14.2 Å². The predicted octanol–water partition coefficient (Wildman–Crippen LogP) is -0.990. The Morgan fingerprint density at radius 2 is 1.48 bits per heavy atom. The molecule has 0 spiro atoms. The van der Waals surface area contributed by atoms with Crippen molar-refractivity contribution in [2.45, 2.75) is 42.9 Å². The number of phenols is 4. The highest BCUT2D eigenvalue weighted by molar-refractivity contribution is 6.05. The number of hydrogen-bond acceptors (Lipinski definition) is 12. The average Bonchev–Trinajstić information content (AvgIpc) is 2.74. The van der Waals surface area contributed by atoms with E-state index in [9.17, 15) is 45.6 Å². The summed E-state index contributed by atoms with van der Waals surface area (Å²) >= 11 is 0. The van der Waals surface area contributed by atoms with E-state index in [0.29, 0.717) is 0 Å². The largest absolute Gasteiger partial charge is 0.508 e. The van der Waals surface area contributed by atoms with Crippen LogP contribution in [0.1, 0.15) is 22.0 Å². The first-order chi connectivity index (χ1) is 15.6. The molecule has 0 bridgehead atoms. The quantitative estimate of drug-likeness (QED) is 0.273. The van der Waals surface area contributed by atoms with Gasteiger partial charge in [0, 0.05) is 23.8 Å². The second kappa shape index (κ2) is 8.67. The maximum atomic E-state index is 13.3. The Labute approximate surface area is 186 Å². The first-order valence-electron chi connectivity index (χ1n) is 9.86. The van der Waals surface area contributed by atoms with E-state index in [-0.39, 0.29) is 28.4 Å². The Morgan fingerprint density at radius 1 is 0.848 bits per heavy atom. The second-order valence-corrected chi connectivity index (χ2v) is 7.78. The lowest BCUT2D eigenvalue weighted by atomic mass is 9.92. The molecule has 2 aliphatic rings. The Morgan fingerprint density at radius 3 is 2.12 bits per heavy atom. The Balaban J connectivity index is 1.76. The zero-order valence-electron chi connectivity index (χ0n) is 16.8. The molecule has 8 N–H and O–H groups in total. The highest BCUT2D eigenvalue weighted by atomic mass is 16.7. The molecule has 0 saturated carbocycles. The van der Waals surface area contributed by atoms with Crippen molar-refractivity contribution in [1.29, 1.82) is 0 Å². The highest BCUT2D eigenvalue weighted by Crippen LogP contribution is 2.44. The van der Waals surface area contributed by atoms with Gasteiger partial charge in [-0.1, -0.05) is 0 Å². The van der Waals surface area contributed by atoms with Gasteiger partial charge in [-0.2, -0.15) is 0 Å². The molecule has 7 atom stereocenters. The number of benzene rings is 2. The normalized spacial score (nSPS) is 31.6. The molecule has 12 nitrogen and oxygen atoms in total. The minimum absolute atomic E-state index is 0.0592. The fourth-order valence-electron chi connectivity index (χ4n) is 3.89. The van der Waals surface area contributed by atoms with Gasteiger partial charge < -0.3 is 55.1 Å². The number of aliphatic hydroxyl groups excluding tert-OH is 4. The standard InChI is InChI=1S/C21H22O12/c22-6-13-15(27)17(29)18(30)21(32-13)33-20-16(28)14-11(26)4-10(25)5-12(14)31-19(20)7-1-8(23)3-9(24)2-7/h1-5,13,15,17-27,29-30H,6H2/t13-,15+,17-,18-,19+,20-,21-/m1/s1. The van der Waals surface area contributed by atoms with Gasteiger partial charge in [0.2, 0.25) is 5.78 Å². The Kier molecular flexibility index (Phi) is 6.05. The zero-order valence-corrected chi connectivity index (χ0v) is 16.8. The maximum absolute atomic E-state index is 13.3. The van der Waals surface area contributed by atoms with E-state index < -0.39 is 66.8 Å². The lowest BCUT2D eigenvalue weighted by Gasteiger charge is -2.42. The van der Waals surface area contributed by atoms with Gasteiger partial charge in [-0.25, -0.2) is 0 Å². The van der Waals surface area contributed by atoms with Crippen molar-refractivity contribution in [2.24, 2.45) is 0 Å². The number of hydrogen-bond donors (Lipinski definition) is 8. The number of ether oxygens (including phenoxy) is 3. The van der Waals surface area contributed by atoms with Crippen molar-refractivity contribution in [1.82, 2.24) is 0 Å². The molecule has 0 radical (unpaired) electrons. The molecule has 2 heterocycles. The average molecular weight is 466 g/mol. The molecule has 4 rings (SSSR count). The van der Waals surface area contributed by atoms with Crippen LogP contribution in [-0.2, 0) is 9.47 Å². The number of carbonyl (C=O) groups excluding carboxylic acids is 1. The molecule has 0 aliphatic carbocycles. The lowest BCUT2D eigenvalue weighted by molar-refractivity contribution is -0.311. The minimum atomic E-state index is -1.83. The van der Waals surface area contributed by atoms with Crippen LogP contribution in [0.3, 0.4) is 0 Å². The molecular formula is C21H22O12. The van der Waals surface area contributed by atoms with Crippen LogP contribution in [0.25, 0.3) is 0 Å². The summed E-state index contributed by atoms with van der Waals surface area (Å²) in [4.78, 5) is 13.3. The van der Waals surface area contributed by atoms with Crippen LogP contribution in [0.15, 0.2) is 30.3 Å². The van der Waals surface area contributed by atoms with Gasteiger partial charge in [0.15, 0.2) is 18.5 Å². The Bertz CT molecular complexity index is 1030. The monoisotopic (exact) mass is 466 g/mol. The summed E-state index contributed by atoms with van der Waals surface area (Å²) in [6.07, 6.45) is -11.3. The summed E-state index contributed by atoms with van der Waals surface area (Å²) in [6, 6.07) is 5.37. The molecule has 33 heavy (non-hydrogen) atoms. The molecule has 0 amide bonds. The van der Waals surface area contributed by atoms with E-state index in [1.165, 1.54) is 12.1 Å². The highest BCUT2D eigenvalue weighted by Gasteiger charge is 2.49. The third-order valence-electron chi connectivity index (χ3n) is 5.48. The first-order valence-corrected chi connectivity index (χ1v) is 9.86. The van der Waals surface area contributed by atoms with Crippen molar-refractivity contribution in [3.05, 3.63) is 41.5 Å². The van der Waals surface area contributed by atoms with Crippen molar-refractivity contribution in [3.8, 4) is 28.7 Å². The summed E-state index contributed by atoms with van der Waals surface area (Å²) in [7, 11) is 0. The molecule has 2 aromatic carbocycles. The van der Waals surface area contributed by atoms with Crippen LogP contribution in [0.4, 0.5) is 0 Å². The number of fused-ring (bicyclic) bond motifs is 1. The fourth-order valence-corrected chi connectivity index (χ4v) is 3.89. The molecule has 0 unspecified atom stereocenters. The topological polar surface area (TPSA) is 207 Å². The van der Waals surface area contributed by atoms with E-state index in [2.05, 4.69) is 0 Å². The van der Waals surface area contributed by atoms with Gasteiger partial charge in [-0.05, 0) is 12.1 Å². The van der Waals surface area contributed by atoms with Gasteiger partial charge >= 0.3 is 0 Å². The summed E-state index contributed by atoms with van der Waals surface area (Å²) in [6.45, 7) is -0.729. The van der Waals surface area contributed by atoms with E-state index in [0.717, 1.165) is 18.2 Å². The van der Waals surface area contributed by atoms with Gasteiger partial charge in [-0.15, -0.1) is 0 Å². The van der Waals surface area contributed by atoms with Crippen LogP contribution in [0, 0.1) is 0 Å². The number of aliphatic hydroxyl groups is 4. The van der Waals surface area contributed by atoms with Gasteiger partial charge in [0.05, 0.1) is 6.61 Å². The number of rotatable bonds is 4. The molecule has 1 saturated heterocycles. The summed E-state index contributed by atoms with van der Waals surface area (Å²) in [5.41, 5.74) is -0.285. The summed E-state index contributed by atoms with van der Waals surface area (Å²) < 4.78 is 16.7. The van der Waals surface area contributed by atoms with Crippen LogP contribution in [0.2, 0.25) is 0 Å². The summed E-state index contributed by atoms with van der Waals surface area (Å²) in [5.74, 6) is -2.81. The van der Waals surface area contributed by atoms with Gasteiger partial charge in [0.25, 0.3) is 0 Å². The first kappa shape index (κ1) is 23.0. The number of ketones is 1. The molecule has 178 valence electrons. The van der Waals surface area contributed by atoms with E-state index in [1.807, 2.05) is 0 Å². The van der Waals surface area contributed by atoms with Crippen molar-refractivity contribution in [3.63, 3.8) is 0 Å². The van der Waals surface area contributed by atoms with Gasteiger partial charge in [0.1, 0.15) is 58.7 Å². The van der Waals surface area contributed by atoms with Crippen LogP contribution in [0.5, 0.6) is 28.7 Å². The molecule has 2 aliphatic heterocycles. The lowest BCUT2D eigenvalue weighted by Crippen LogP contribution is -2.60. The number of aromatic hydroxyl groups is 4. The molecule has 1 fully saturated rings. The van der Waals surface area contributed by atoms with Crippen molar-refractivity contribution in [2.75, 3.05) is 6.61 Å². The second-order valence-electron chi connectivity index (χ2n) is 7.78. The number of phenolic OH excluding ortho intramolecular Hbond substituents is 4. The molecule has 0 aromatic heterocycles. The predicted molar refractivity (Wildman–Crippen MR) is 106 cm³/mol. The number of carbonyl (C=O) groups is 1. The minimum Gasteiger partial charge on any atom is -0.508 e. The van der Waals surface area contributed by atoms with Crippen molar-refractivity contribution >= 4 is 5.78 Å². The van der Waals surface area contributed by atoms with Crippen molar-refractivity contribution < 1.29 is 59.9 Å². The molecular weight excluding hydrogens is 444 g/mol. The van der Waals surface area contributed by atoms with Crippen LogP contribution >= 0.6 is 0 Å². The summed E-state index contributed by atoms with van der Waals surface area (Å²) in [5, 5.41) is 79.4. The third-order valence-corrected chi connectivity index (χ3v) is 5.48. The van der Waals surface area contributed by atoms with Crippen LogP contribution in [-0.4, -0.2) is 90.1 Å². The Hall–Kier alpha value is -3.13. The van der Waals surface area contributed by atoms with Gasteiger partial charge in [-0.3, -0.25) is 4.79 Å². The smallest absolute Gasteiger partial charge is 0.203 e. The SMILES string of the molecule is O=C1c2c(O)cc(O)cc2O[C@@H](c2cc(O)cc(O)c2)[C@@H]1O[C@H]1O[C@H](CO)[C@H](O)[C@@H](O)[C@H]1O. The maximum Gasteiger partial charge on any atom is 0.203 e. The molecule has 12 heteroatoms. The van der Waals surface area contributed by atoms with Crippen LogP contribution < -0.4 is 4.74 Å². The fraction of sp³-hybridized carbons (Fsp3) is 0.381. The third kappa shape index (κ3) is 4.15.